The van der Waals surface area contributed by atoms with E-state index in [9.17, 15) is 14.0 Å². The number of ether oxygens (including phenoxy) is 1. The van der Waals surface area contributed by atoms with E-state index in [0.29, 0.717) is 24.6 Å². The van der Waals surface area contributed by atoms with E-state index in [4.69, 9.17) is 9.72 Å². The minimum absolute atomic E-state index is 0.252. The molecule has 210 valence electrons. The van der Waals surface area contributed by atoms with Crippen LogP contribution in [0.25, 0.3) is 11.5 Å². The second-order valence-corrected chi connectivity index (χ2v) is 11.5. The standard InChI is InChI=1S/C30H35FN6O3/c1-30(2)27-20(18-36(30)17-19-8-11-21(12-9-19)40-24-7-5-4-6-22(24)31)10-13-23(33-27)28-32-16-26(35(28)3)37-15-14-25(38)34-29(37)39/h8-13,16,22,24H,4-7,14-15,17-18H2,1-3H3,(H,34,38,39)/t22-,24+/m1/s1. The van der Waals surface area contributed by atoms with E-state index < -0.39 is 12.2 Å². The molecule has 3 aliphatic rings. The van der Waals surface area contributed by atoms with Crippen LogP contribution in [0.15, 0.2) is 42.6 Å². The summed E-state index contributed by atoms with van der Waals surface area (Å²) in [6, 6.07) is 11.6. The average Bonchev–Trinajstić information content (AvgIpc) is 3.42. The first-order valence-electron chi connectivity index (χ1n) is 14.0. The summed E-state index contributed by atoms with van der Waals surface area (Å²) in [7, 11) is 1.85. The van der Waals surface area contributed by atoms with E-state index in [1.807, 2.05) is 29.8 Å². The fourth-order valence-corrected chi connectivity index (χ4v) is 6.00. The van der Waals surface area contributed by atoms with Crippen molar-refractivity contribution >= 4 is 17.8 Å². The number of anilines is 1. The number of carbonyl (C=O) groups is 2. The summed E-state index contributed by atoms with van der Waals surface area (Å²) >= 11 is 0. The summed E-state index contributed by atoms with van der Waals surface area (Å²) in [6.45, 7) is 6.18. The van der Waals surface area contributed by atoms with Crippen molar-refractivity contribution in [3.8, 4) is 17.3 Å². The van der Waals surface area contributed by atoms with Crippen molar-refractivity contribution in [3.05, 3.63) is 59.4 Å². The van der Waals surface area contributed by atoms with E-state index in [0.717, 1.165) is 55.1 Å². The first-order valence-corrected chi connectivity index (χ1v) is 14.0. The number of fused-ring (bicyclic) bond motifs is 1. The van der Waals surface area contributed by atoms with E-state index in [1.165, 1.54) is 10.5 Å². The molecule has 0 unspecified atom stereocenters. The molecule has 1 N–H and O–H groups in total. The second kappa shape index (κ2) is 10.3. The van der Waals surface area contributed by atoms with Crippen LogP contribution in [0, 0.1) is 0 Å². The van der Waals surface area contributed by atoms with Crippen molar-refractivity contribution in [2.75, 3.05) is 11.4 Å². The van der Waals surface area contributed by atoms with Crippen molar-refractivity contribution in [2.45, 2.75) is 76.9 Å². The minimum atomic E-state index is -0.887. The lowest BCUT2D eigenvalue weighted by Crippen LogP contribution is -2.50. The van der Waals surface area contributed by atoms with E-state index >= 15 is 0 Å². The predicted molar refractivity (Wildman–Crippen MR) is 148 cm³/mol. The Kier molecular flexibility index (Phi) is 6.82. The van der Waals surface area contributed by atoms with Gasteiger partial charge < -0.3 is 9.30 Å². The average molecular weight is 547 g/mol. The molecule has 1 aliphatic carbocycles. The van der Waals surface area contributed by atoms with E-state index in [1.54, 1.807) is 6.20 Å². The number of aromatic nitrogens is 3. The molecule has 6 rings (SSSR count). The molecule has 40 heavy (non-hydrogen) atoms. The first kappa shape index (κ1) is 26.4. The number of urea groups is 1. The number of carbonyl (C=O) groups excluding carboxylic acids is 2. The van der Waals surface area contributed by atoms with Crippen molar-refractivity contribution in [3.63, 3.8) is 0 Å². The zero-order chi connectivity index (χ0) is 28.0. The van der Waals surface area contributed by atoms with Crippen LogP contribution in [0.2, 0.25) is 0 Å². The molecule has 1 saturated heterocycles. The van der Waals surface area contributed by atoms with Gasteiger partial charge in [0.2, 0.25) is 5.91 Å². The van der Waals surface area contributed by atoms with Gasteiger partial charge in [-0.2, -0.15) is 0 Å². The van der Waals surface area contributed by atoms with Crippen LogP contribution in [-0.4, -0.2) is 50.2 Å². The Balaban J connectivity index is 1.17. The highest BCUT2D eigenvalue weighted by Crippen LogP contribution is 2.40. The molecular formula is C30H35FN6O3. The lowest BCUT2D eigenvalue weighted by atomic mass is 9.96. The molecule has 2 fully saturated rings. The monoisotopic (exact) mass is 546 g/mol. The number of nitrogens with zero attached hydrogens (tertiary/aromatic N) is 5. The molecule has 2 aliphatic heterocycles. The van der Waals surface area contributed by atoms with Crippen LogP contribution < -0.4 is 15.0 Å². The minimum Gasteiger partial charge on any atom is -0.487 e. The van der Waals surface area contributed by atoms with Gasteiger partial charge in [-0.3, -0.25) is 19.9 Å². The zero-order valence-electron chi connectivity index (χ0n) is 23.2. The van der Waals surface area contributed by atoms with Gasteiger partial charge in [0, 0.05) is 33.1 Å². The summed E-state index contributed by atoms with van der Waals surface area (Å²) in [5.74, 6) is 1.72. The molecule has 1 saturated carbocycles. The lowest BCUT2D eigenvalue weighted by Gasteiger charge is -2.32. The van der Waals surface area contributed by atoms with Crippen molar-refractivity contribution < 1.29 is 18.7 Å². The number of nitrogens with one attached hydrogen (secondary N) is 1. The second-order valence-electron chi connectivity index (χ2n) is 11.5. The maximum absolute atomic E-state index is 14.2. The fourth-order valence-electron chi connectivity index (χ4n) is 6.00. The van der Waals surface area contributed by atoms with Crippen molar-refractivity contribution in [1.82, 2.24) is 24.8 Å². The number of imide groups is 1. The SMILES string of the molecule is Cn1c(N2CCC(=O)NC2=O)cnc1-c1ccc2c(n1)C(C)(C)N(Cc1ccc(O[C@H]3CCCC[C@H]3F)cc1)C2. The fraction of sp³-hybridized carbons (Fsp3) is 0.467. The van der Waals surface area contributed by atoms with Crippen molar-refractivity contribution in [1.29, 1.82) is 0 Å². The van der Waals surface area contributed by atoms with E-state index in [-0.39, 0.29) is 24.0 Å². The van der Waals surface area contributed by atoms with Gasteiger partial charge in [-0.25, -0.2) is 19.2 Å². The van der Waals surface area contributed by atoms with Crippen LogP contribution in [0.5, 0.6) is 5.75 Å². The smallest absolute Gasteiger partial charge is 0.329 e. The predicted octanol–water partition coefficient (Wildman–Crippen LogP) is 4.84. The number of hydrogen-bond donors (Lipinski definition) is 1. The molecular weight excluding hydrogens is 511 g/mol. The third-order valence-corrected chi connectivity index (χ3v) is 8.44. The van der Waals surface area contributed by atoms with Gasteiger partial charge in [-0.15, -0.1) is 0 Å². The highest BCUT2D eigenvalue weighted by molar-refractivity contribution is 6.05. The summed E-state index contributed by atoms with van der Waals surface area (Å²) < 4.78 is 22.0. The molecule has 9 nitrogen and oxygen atoms in total. The lowest BCUT2D eigenvalue weighted by molar-refractivity contribution is -0.120. The number of pyridine rings is 1. The Morgan fingerprint density at radius 3 is 2.62 bits per heavy atom. The van der Waals surface area contributed by atoms with Crippen LogP contribution in [0.3, 0.4) is 0 Å². The van der Waals surface area contributed by atoms with Crippen molar-refractivity contribution in [2.24, 2.45) is 7.05 Å². The number of alkyl halides is 1. The molecule has 1 aromatic carbocycles. The van der Waals surface area contributed by atoms with Crippen LogP contribution in [0.4, 0.5) is 15.0 Å². The Hall–Kier alpha value is -3.79. The van der Waals surface area contributed by atoms with Gasteiger partial charge >= 0.3 is 6.03 Å². The highest BCUT2D eigenvalue weighted by Gasteiger charge is 2.39. The number of hydrogen-bond acceptors (Lipinski definition) is 6. The Labute approximate surface area is 233 Å². The summed E-state index contributed by atoms with van der Waals surface area (Å²) in [4.78, 5) is 37.5. The number of halogens is 1. The van der Waals surface area contributed by atoms with Gasteiger partial charge in [0.05, 0.1) is 17.4 Å². The largest absolute Gasteiger partial charge is 0.487 e. The van der Waals surface area contributed by atoms with Crippen LogP contribution in [-0.2, 0) is 30.5 Å². The third-order valence-electron chi connectivity index (χ3n) is 8.44. The highest BCUT2D eigenvalue weighted by atomic mass is 19.1. The number of benzene rings is 1. The molecule has 0 radical (unpaired) electrons. The Morgan fingerprint density at radius 1 is 1.10 bits per heavy atom. The summed E-state index contributed by atoms with van der Waals surface area (Å²) in [5.41, 5.74) is 3.74. The quantitative estimate of drug-likeness (QED) is 0.476. The Morgan fingerprint density at radius 2 is 1.88 bits per heavy atom. The van der Waals surface area contributed by atoms with Gasteiger partial charge in [0.15, 0.2) is 5.82 Å². The zero-order valence-corrected chi connectivity index (χ0v) is 23.2. The third kappa shape index (κ3) is 4.85. The maximum Gasteiger partial charge on any atom is 0.329 e. The Bertz CT molecular complexity index is 1440. The molecule has 2 aromatic heterocycles. The molecule has 10 heteroatoms. The van der Waals surface area contributed by atoms with Gasteiger partial charge in [-0.1, -0.05) is 24.6 Å². The molecule has 0 bridgehead atoms. The maximum atomic E-state index is 14.2. The topological polar surface area (TPSA) is 92.6 Å². The summed E-state index contributed by atoms with van der Waals surface area (Å²) in [6.07, 6.45) is 3.98. The number of amides is 3. The number of rotatable bonds is 6. The van der Waals surface area contributed by atoms with Crippen LogP contribution in [0.1, 0.15) is 62.8 Å². The molecule has 0 spiro atoms. The van der Waals surface area contributed by atoms with Gasteiger partial charge in [-0.05, 0) is 62.4 Å². The first-order chi connectivity index (χ1) is 19.2. The molecule has 4 heterocycles. The van der Waals surface area contributed by atoms with E-state index in [2.05, 4.69) is 47.2 Å². The van der Waals surface area contributed by atoms with Gasteiger partial charge in [0.25, 0.3) is 0 Å². The summed E-state index contributed by atoms with van der Waals surface area (Å²) in [5, 5.41) is 2.36. The molecule has 3 aromatic rings. The normalized spacial score (nSPS) is 22.8. The number of imidazole rings is 1. The molecule has 2 atom stereocenters. The van der Waals surface area contributed by atoms with Gasteiger partial charge in [0.1, 0.15) is 29.5 Å². The molecule has 3 amide bonds. The van der Waals surface area contributed by atoms with Crippen LogP contribution >= 0.6 is 0 Å².